The van der Waals surface area contributed by atoms with E-state index in [9.17, 15) is 18.0 Å². The SMILES string of the molecule is Cc1cc(Nc2ccc(C#N)cc2)nc(N2CCN(S(=O)(=O)c3ccc(C=O)cc3)CC2=O)n1. The third-order valence-electron chi connectivity index (χ3n) is 5.21. The second-order valence-electron chi connectivity index (χ2n) is 7.58. The standard InChI is InChI=1S/C23H20N6O4S/c1-16-12-21(26-19-6-2-17(13-24)3-7-19)27-23(25-16)29-11-10-28(14-22(29)31)34(32,33)20-8-4-18(15-30)5-9-20/h2-9,12,15H,10-11,14H2,1H3,(H,25,26,27). The Morgan fingerprint density at radius 2 is 1.76 bits per heavy atom. The number of carbonyl (C=O) groups excluding carboxylic acids is 2. The van der Waals surface area contributed by atoms with E-state index >= 15 is 0 Å². The molecule has 1 fully saturated rings. The van der Waals surface area contributed by atoms with Crippen molar-refractivity contribution in [2.24, 2.45) is 0 Å². The molecule has 3 aromatic rings. The zero-order valence-corrected chi connectivity index (χ0v) is 19.0. The summed E-state index contributed by atoms with van der Waals surface area (Å²) in [5.74, 6) is 0.188. The Hall–Kier alpha value is -4.14. The molecule has 0 atom stereocenters. The second-order valence-corrected chi connectivity index (χ2v) is 9.52. The number of nitriles is 1. The normalized spacial score (nSPS) is 14.5. The molecular formula is C23H20N6O4S. The minimum Gasteiger partial charge on any atom is -0.340 e. The van der Waals surface area contributed by atoms with Crippen LogP contribution in [0.2, 0.25) is 0 Å². The van der Waals surface area contributed by atoms with Crippen molar-refractivity contribution in [2.75, 3.05) is 29.9 Å². The lowest BCUT2D eigenvalue weighted by molar-refractivity contribution is -0.120. The van der Waals surface area contributed by atoms with E-state index < -0.39 is 15.9 Å². The topological polar surface area (TPSA) is 136 Å². The highest BCUT2D eigenvalue weighted by atomic mass is 32.2. The van der Waals surface area contributed by atoms with Crippen LogP contribution in [-0.4, -0.2) is 54.5 Å². The van der Waals surface area contributed by atoms with Crippen LogP contribution >= 0.6 is 0 Å². The van der Waals surface area contributed by atoms with Gasteiger partial charge in [0.2, 0.25) is 21.9 Å². The van der Waals surface area contributed by atoms with Crippen molar-refractivity contribution in [3.63, 3.8) is 0 Å². The quantitative estimate of drug-likeness (QED) is 0.535. The molecule has 2 heterocycles. The van der Waals surface area contributed by atoms with Gasteiger partial charge in [0, 0.05) is 36.1 Å². The maximum Gasteiger partial charge on any atom is 0.244 e. The Bertz CT molecular complexity index is 1380. The predicted molar refractivity (Wildman–Crippen MR) is 124 cm³/mol. The van der Waals surface area contributed by atoms with Crippen molar-refractivity contribution in [1.82, 2.24) is 14.3 Å². The number of aldehydes is 1. The molecule has 34 heavy (non-hydrogen) atoms. The van der Waals surface area contributed by atoms with E-state index in [4.69, 9.17) is 5.26 Å². The summed E-state index contributed by atoms with van der Waals surface area (Å²) in [5, 5.41) is 12.1. The van der Waals surface area contributed by atoms with E-state index in [2.05, 4.69) is 21.4 Å². The molecule has 2 aromatic carbocycles. The average Bonchev–Trinajstić information content (AvgIpc) is 2.84. The molecule has 1 aromatic heterocycles. The van der Waals surface area contributed by atoms with Gasteiger partial charge >= 0.3 is 0 Å². The summed E-state index contributed by atoms with van der Waals surface area (Å²) in [6.07, 6.45) is 0.630. The van der Waals surface area contributed by atoms with E-state index in [1.54, 1.807) is 37.3 Å². The van der Waals surface area contributed by atoms with Crippen molar-refractivity contribution >= 4 is 39.7 Å². The molecule has 0 bridgehead atoms. The lowest BCUT2D eigenvalue weighted by Gasteiger charge is -2.32. The van der Waals surface area contributed by atoms with Crippen LogP contribution in [0.5, 0.6) is 0 Å². The van der Waals surface area contributed by atoms with Gasteiger partial charge in [0.1, 0.15) is 12.1 Å². The third-order valence-corrected chi connectivity index (χ3v) is 7.07. The lowest BCUT2D eigenvalue weighted by Crippen LogP contribution is -2.52. The molecule has 0 saturated carbocycles. The first-order valence-corrected chi connectivity index (χ1v) is 11.7. The Labute approximate surface area is 196 Å². The molecule has 0 radical (unpaired) electrons. The third kappa shape index (κ3) is 4.78. The maximum atomic E-state index is 12.9. The van der Waals surface area contributed by atoms with Gasteiger partial charge in [-0.05, 0) is 43.3 Å². The fourth-order valence-electron chi connectivity index (χ4n) is 3.45. The van der Waals surface area contributed by atoms with Gasteiger partial charge in [0.05, 0.1) is 23.1 Å². The number of aryl methyl sites for hydroxylation is 1. The fourth-order valence-corrected chi connectivity index (χ4v) is 4.83. The largest absolute Gasteiger partial charge is 0.340 e. The number of piperazine rings is 1. The van der Waals surface area contributed by atoms with Gasteiger partial charge in [-0.25, -0.2) is 13.4 Å². The molecule has 1 amide bonds. The highest BCUT2D eigenvalue weighted by molar-refractivity contribution is 7.89. The lowest BCUT2D eigenvalue weighted by atomic mass is 10.2. The summed E-state index contributed by atoms with van der Waals surface area (Å²) in [5.41, 5.74) is 2.23. The number of hydrogen-bond acceptors (Lipinski definition) is 8. The molecule has 4 rings (SSSR count). The highest BCUT2D eigenvalue weighted by Gasteiger charge is 2.34. The molecule has 172 valence electrons. The smallest absolute Gasteiger partial charge is 0.244 e. The predicted octanol–water partition coefficient (Wildman–Crippen LogP) is 2.25. The summed E-state index contributed by atoms with van der Waals surface area (Å²) < 4.78 is 27.0. The van der Waals surface area contributed by atoms with Crippen LogP contribution in [0.4, 0.5) is 17.5 Å². The van der Waals surface area contributed by atoms with Crippen LogP contribution in [-0.2, 0) is 14.8 Å². The zero-order valence-electron chi connectivity index (χ0n) is 18.2. The molecule has 1 N–H and O–H groups in total. The van der Waals surface area contributed by atoms with Crippen LogP contribution < -0.4 is 10.2 Å². The monoisotopic (exact) mass is 476 g/mol. The van der Waals surface area contributed by atoms with E-state index in [-0.39, 0.29) is 30.5 Å². The van der Waals surface area contributed by atoms with Crippen molar-refractivity contribution in [3.05, 3.63) is 71.4 Å². The molecule has 1 saturated heterocycles. The van der Waals surface area contributed by atoms with Crippen LogP contribution in [0.25, 0.3) is 0 Å². The molecule has 0 unspecified atom stereocenters. The Morgan fingerprint density at radius 3 is 2.38 bits per heavy atom. The van der Waals surface area contributed by atoms with Gasteiger partial charge in [0.25, 0.3) is 0 Å². The number of aromatic nitrogens is 2. The number of anilines is 3. The van der Waals surface area contributed by atoms with E-state index in [0.29, 0.717) is 34.6 Å². The first kappa shape index (κ1) is 23.0. The van der Waals surface area contributed by atoms with Gasteiger partial charge in [-0.2, -0.15) is 14.6 Å². The minimum atomic E-state index is -3.89. The number of sulfonamides is 1. The van der Waals surface area contributed by atoms with Gasteiger partial charge < -0.3 is 5.32 Å². The average molecular weight is 477 g/mol. The molecule has 0 spiro atoms. The van der Waals surface area contributed by atoms with Gasteiger partial charge in [-0.3, -0.25) is 14.5 Å². The molecule has 0 aliphatic carbocycles. The number of nitrogens with one attached hydrogen (secondary N) is 1. The summed E-state index contributed by atoms with van der Waals surface area (Å²) in [4.78, 5) is 33.9. The first-order valence-electron chi connectivity index (χ1n) is 10.3. The molecule has 11 heteroatoms. The summed E-state index contributed by atoms with van der Waals surface area (Å²) in [6.45, 7) is 1.57. The van der Waals surface area contributed by atoms with E-state index in [0.717, 1.165) is 4.31 Å². The number of amides is 1. The molecule has 10 nitrogen and oxygen atoms in total. The fraction of sp³-hybridized carbons (Fsp3) is 0.174. The van der Waals surface area contributed by atoms with Crippen LogP contribution in [0.1, 0.15) is 21.6 Å². The molecular weight excluding hydrogens is 456 g/mol. The van der Waals surface area contributed by atoms with Crippen LogP contribution in [0, 0.1) is 18.3 Å². The van der Waals surface area contributed by atoms with Crippen molar-refractivity contribution < 1.29 is 18.0 Å². The first-order chi connectivity index (χ1) is 16.3. The number of nitrogens with zero attached hydrogens (tertiary/aromatic N) is 5. The Kier molecular flexibility index (Phi) is 6.36. The van der Waals surface area contributed by atoms with E-state index in [1.165, 1.54) is 29.2 Å². The number of rotatable bonds is 6. The van der Waals surface area contributed by atoms with Crippen molar-refractivity contribution in [2.45, 2.75) is 11.8 Å². The Morgan fingerprint density at radius 1 is 1.06 bits per heavy atom. The minimum absolute atomic E-state index is 0.0139. The van der Waals surface area contributed by atoms with E-state index in [1.807, 2.05) is 0 Å². The van der Waals surface area contributed by atoms with Crippen molar-refractivity contribution in [1.29, 1.82) is 5.26 Å². The number of benzene rings is 2. The number of carbonyl (C=O) groups is 2. The molecule has 1 aliphatic rings. The van der Waals surface area contributed by atoms with Crippen molar-refractivity contribution in [3.8, 4) is 6.07 Å². The van der Waals surface area contributed by atoms with Gasteiger partial charge in [-0.15, -0.1) is 0 Å². The summed E-state index contributed by atoms with van der Waals surface area (Å²) in [6, 6.07) is 16.1. The van der Waals surface area contributed by atoms with Crippen LogP contribution in [0.15, 0.2) is 59.5 Å². The second kappa shape index (κ2) is 9.38. The van der Waals surface area contributed by atoms with Gasteiger partial charge in [0.15, 0.2) is 0 Å². The Balaban J connectivity index is 1.51. The summed E-state index contributed by atoms with van der Waals surface area (Å²) >= 11 is 0. The maximum absolute atomic E-state index is 12.9. The molecule has 1 aliphatic heterocycles. The zero-order chi connectivity index (χ0) is 24.3. The van der Waals surface area contributed by atoms with Gasteiger partial charge in [-0.1, -0.05) is 12.1 Å². The van der Waals surface area contributed by atoms with Crippen LogP contribution in [0.3, 0.4) is 0 Å². The highest BCUT2D eigenvalue weighted by Crippen LogP contribution is 2.23. The summed E-state index contributed by atoms with van der Waals surface area (Å²) in [7, 11) is -3.89. The number of hydrogen-bond donors (Lipinski definition) is 1.